The van der Waals surface area contributed by atoms with Gasteiger partial charge < -0.3 is 8.98 Å². The first-order valence-electron chi connectivity index (χ1n) is 9.42. The van der Waals surface area contributed by atoms with Crippen LogP contribution in [0.4, 0.5) is 0 Å². The smallest absolute Gasteiger partial charge is 0.307 e. The molecule has 0 aliphatic heterocycles. The maximum Gasteiger partial charge on any atom is 0.307 e. The van der Waals surface area contributed by atoms with Crippen LogP contribution in [0, 0.1) is 24.3 Å². The Morgan fingerprint density at radius 2 is 2.00 bits per heavy atom. The predicted molar refractivity (Wildman–Crippen MR) is 137 cm³/mol. The van der Waals surface area contributed by atoms with Gasteiger partial charge in [0.1, 0.15) is 5.58 Å². The zero-order valence-corrected chi connectivity index (χ0v) is 21.5. The van der Waals surface area contributed by atoms with Gasteiger partial charge in [-0.1, -0.05) is 33.6 Å². The van der Waals surface area contributed by atoms with Crippen LogP contribution in [0.1, 0.15) is 33.1 Å². The van der Waals surface area contributed by atoms with Gasteiger partial charge in [0.2, 0.25) is 0 Å². The number of fused-ring (bicyclic) bond motifs is 1. The molecule has 0 radical (unpaired) electrons. The molecule has 0 atom stereocenters. The van der Waals surface area contributed by atoms with E-state index in [0.29, 0.717) is 5.58 Å². The molecule has 2 aromatic heterocycles. The molecule has 4 rings (SSSR count). The fourth-order valence-corrected chi connectivity index (χ4v) is 5.36. The number of aryl methyl sites for hydroxylation is 1. The van der Waals surface area contributed by atoms with Gasteiger partial charge in [-0.2, -0.15) is 5.10 Å². The number of nitrogens with one attached hydrogen (secondary N) is 1. The van der Waals surface area contributed by atoms with E-state index in [-0.39, 0.29) is 5.76 Å². The molecular weight excluding hydrogens is 593 g/mol. The van der Waals surface area contributed by atoms with Crippen molar-refractivity contribution in [3.05, 3.63) is 83.8 Å². The summed E-state index contributed by atoms with van der Waals surface area (Å²) in [5.74, 6) is -0.193. The molecule has 0 saturated heterocycles. The number of hydrazone groups is 1. The SMILES string of the molecule is Cc1c(Cl)cccc1-n1c(C)cc(/C=N\NC(=O)c2cc3cc(Br)cc(I)c3o2)c1C. The lowest BCUT2D eigenvalue weighted by atomic mass is 10.2. The molecule has 0 aliphatic rings. The number of hydrogen-bond donors (Lipinski definition) is 1. The molecular formula is C23H18BrClIN3O2. The van der Waals surface area contributed by atoms with E-state index in [4.69, 9.17) is 16.0 Å². The van der Waals surface area contributed by atoms with Gasteiger partial charge in [0, 0.05) is 37.5 Å². The van der Waals surface area contributed by atoms with Crippen LogP contribution in [0.3, 0.4) is 0 Å². The molecule has 4 aromatic rings. The third-order valence-electron chi connectivity index (χ3n) is 5.08. The third kappa shape index (κ3) is 4.31. The molecule has 1 N–H and O–H groups in total. The number of carbonyl (C=O) groups is 1. The normalized spacial score (nSPS) is 11.5. The Morgan fingerprint density at radius 1 is 1.23 bits per heavy atom. The van der Waals surface area contributed by atoms with Crippen molar-refractivity contribution < 1.29 is 9.21 Å². The molecule has 158 valence electrons. The van der Waals surface area contributed by atoms with E-state index in [2.05, 4.69) is 53.6 Å². The molecule has 31 heavy (non-hydrogen) atoms. The second-order valence-electron chi connectivity index (χ2n) is 7.16. The van der Waals surface area contributed by atoms with Gasteiger partial charge in [-0.25, -0.2) is 5.43 Å². The molecule has 0 spiro atoms. The van der Waals surface area contributed by atoms with Crippen molar-refractivity contribution in [2.75, 3.05) is 0 Å². The average Bonchev–Trinajstić information content (AvgIpc) is 3.26. The minimum atomic E-state index is -0.404. The number of rotatable bonds is 4. The van der Waals surface area contributed by atoms with Gasteiger partial charge in [0.25, 0.3) is 0 Å². The Balaban J connectivity index is 1.56. The highest BCUT2D eigenvalue weighted by Crippen LogP contribution is 2.29. The van der Waals surface area contributed by atoms with Crippen LogP contribution in [0.15, 0.2) is 56.5 Å². The van der Waals surface area contributed by atoms with Gasteiger partial charge in [-0.15, -0.1) is 0 Å². The van der Waals surface area contributed by atoms with Crippen LogP contribution in [0.25, 0.3) is 16.7 Å². The van der Waals surface area contributed by atoms with Crippen LogP contribution in [-0.2, 0) is 0 Å². The average molecular weight is 611 g/mol. The number of furan rings is 1. The number of carbonyl (C=O) groups excluding carboxylic acids is 1. The number of amides is 1. The van der Waals surface area contributed by atoms with Crippen molar-refractivity contribution in [1.82, 2.24) is 9.99 Å². The highest BCUT2D eigenvalue weighted by molar-refractivity contribution is 14.1. The predicted octanol–water partition coefficient (Wildman–Crippen LogP) is 6.93. The van der Waals surface area contributed by atoms with Crippen molar-refractivity contribution in [1.29, 1.82) is 0 Å². The monoisotopic (exact) mass is 609 g/mol. The summed E-state index contributed by atoms with van der Waals surface area (Å²) in [6.45, 7) is 6.03. The Labute approximate surface area is 206 Å². The van der Waals surface area contributed by atoms with Gasteiger partial charge in [0.05, 0.1) is 9.78 Å². The van der Waals surface area contributed by atoms with Crippen LogP contribution in [0.2, 0.25) is 5.02 Å². The number of nitrogens with zero attached hydrogens (tertiary/aromatic N) is 2. The Hall–Kier alpha value is -2.10. The second-order valence-corrected chi connectivity index (χ2v) is 9.65. The number of halogens is 3. The molecule has 2 heterocycles. The summed E-state index contributed by atoms with van der Waals surface area (Å²) in [7, 11) is 0. The maximum atomic E-state index is 12.5. The highest BCUT2D eigenvalue weighted by Gasteiger charge is 2.15. The fraction of sp³-hybridized carbons (Fsp3) is 0.130. The van der Waals surface area contributed by atoms with Crippen LogP contribution >= 0.6 is 50.1 Å². The number of hydrogen-bond acceptors (Lipinski definition) is 3. The maximum absolute atomic E-state index is 12.5. The molecule has 5 nitrogen and oxygen atoms in total. The molecule has 2 aromatic carbocycles. The van der Waals surface area contributed by atoms with Crippen molar-refractivity contribution in [2.45, 2.75) is 20.8 Å². The minimum absolute atomic E-state index is 0.211. The molecule has 8 heteroatoms. The molecule has 0 aliphatic carbocycles. The van der Waals surface area contributed by atoms with E-state index >= 15 is 0 Å². The number of benzene rings is 2. The molecule has 1 amide bonds. The van der Waals surface area contributed by atoms with Crippen LogP contribution < -0.4 is 5.43 Å². The van der Waals surface area contributed by atoms with E-state index < -0.39 is 5.91 Å². The van der Waals surface area contributed by atoms with E-state index in [1.54, 1.807) is 12.3 Å². The standard InChI is InChI=1S/C23H18BrClIN3O2/c1-12-7-16(14(3)29(12)20-6-4-5-18(25)13(20)2)11-27-28-23(30)21-9-15-8-17(24)10-19(26)22(15)31-21/h4-11H,1-3H3,(H,28,30)/b27-11-. The van der Waals surface area contributed by atoms with E-state index in [0.717, 1.165) is 46.7 Å². The second kappa shape index (κ2) is 8.80. The molecule has 0 unspecified atom stereocenters. The zero-order valence-electron chi connectivity index (χ0n) is 17.0. The van der Waals surface area contributed by atoms with Gasteiger partial charge in [-0.05, 0) is 85.3 Å². The fourth-order valence-electron chi connectivity index (χ4n) is 3.53. The van der Waals surface area contributed by atoms with Crippen molar-refractivity contribution in [3.63, 3.8) is 0 Å². The van der Waals surface area contributed by atoms with Gasteiger partial charge >= 0.3 is 5.91 Å². The van der Waals surface area contributed by atoms with E-state index in [1.165, 1.54) is 0 Å². The van der Waals surface area contributed by atoms with Gasteiger partial charge in [-0.3, -0.25) is 4.79 Å². The van der Waals surface area contributed by atoms with Crippen LogP contribution in [-0.4, -0.2) is 16.7 Å². The van der Waals surface area contributed by atoms with Crippen molar-refractivity contribution >= 4 is 73.2 Å². The summed E-state index contributed by atoms with van der Waals surface area (Å²) in [4.78, 5) is 12.5. The Morgan fingerprint density at radius 3 is 2.77 bits per heavy atom. The summed E-state index contributed by atoms with van der Waals surface area (Å²) in [5, 5.41) is 5.72. The van der Waals surface area contributed by atoms with E-state index in [1.807, 2.05) is 57.2 Å². The van der Waals surface area contributed by atoms with Crippen molar-refractivity contribution in [2.24, 2.45) is 5.10 Å². The summed E-state index contributed by atoms with van der Waals surface area (Å²) >= 11 is 11.9. The first kappa shape index (κ1) is 22.1. The molecule has 0 saturated carbocycles. The molecule has 0 fully saturated rings. The minimum Gasteiger partial charge on any atom is -0.450 e. The third-order valence-corrected chi connectivity index (χ3v) is 6.75. The highest BCUT2D eigenvalue weighted by atomic mass is 127. The van der Waals surface area contributed by atoms with E-state index in [9.17, 15) is 4.79 Å². The summed E-state index contributed by atoms with van der Waals surface area (Å²) < 4.78 is 9.70. The quantitative estimate of drug-likeness (QED) is 0.155. The lowest BCUT2D eigenvalue weighted by Crippen LogP contribution is -2.16. The lowest BCUT2D eigenvalue weighted by Gasteiger charge is -2.13. The van der Waals surface area contributed by atoms with Crippen molar-refractivity contribution in [3.8, 4) is 5.69 Å². The summed E-state index contributed by atoms with van der Waals surface area (Å²) in [6.07, 6.45) is 1.64. The topological polar surface area (TPSA) is 59.5 Å². The Bertz CT molecular complexity index is 1360. The largest absolute Gasteiger partial charge is 0.450 e. The Kier molecular flexibility index (Phi) is 6.27. The number of aromatic nitrogens is 1. The zero-order chi connectivity index (χ0) is 22.3. The summed E-state index contributed by atoms with van der Waals surface area (Å²) in [5.41, 5.74) is 8.22. The van der Waals surface area contributed by atoms with Crippen LogP contribution in [0.5, 0.6) is 0 Å². The lowest BCUT2D eigenvalue weighted by molar-refractivity contribution is 0.0929. The van der Waals surface area contributed by atoms with Gasteiger partial charge in [0.15, 0.2) is 5.76 Å². The molecule has 0 bridgehead atoms. The first-order chi connectivity index (χ1) is 14.8. The first-order valence-corrected chi connectivity index (χ1v) is 11.7. The summed E-state index contributed by atoms with van der Waals surface area (Å²) in [6, 6.07) is 13.4.